The van der Waals surface area contributed by atoms with E-state index in [1.54, 1.807) is 36.8 Å². The molecule has 0 bridgehead atoms. The van der Waals surface area contributed by atoms with Gasteiger partial charge in [-0.15, -0.1) is 11.3 Å². The lowest BCUT2D eigenvalue weighted by Gasteiger charge is -2.29. The fourth-order valence-corrected chi connectivity index (χ4v) is 4.16. The number of rotatable bonds is 8. The smallest absolute Gasteiger partial charge is 0.232 e. The van der Waals surface area contributed by atoms with Crippen molar-refractivity contribution in [2.45, 2.75) is 32.2 Å². The molecule has 1 N–H and O–H groups in total. The molecule has 150 valence electrons. The monoisotopic (exact) mass is 403 g/mol. The van der Waals surface area contributed by atoms with E-state index < -0.39 is 12.0 Å². The molecule has 2 atom stereocenters. The van der Waals surface area contributed by atoms with Gasteiger partial charge in [0.1, 0.15) is 0 Å². The Morgan fingerprint density at radius 2 is 2.18 bits per heavy atom. The van der Waals surface area contributed by atoms with Crippen molar-refractivity contribution in [1.29, 1.82) is 0 Å². The first-order valence-corrected chi connectivity index (χ1v) is 10.2. The molecule has 7 nitrogen and oxygen atoms in total. The molecule has 3 rings (SSSR count). The predicted molar refractivity (Wildman–Crippen MR) is 108 cm³/mol. The van der Waals surface area contributed by atoms with E-state index in [0.29, 0.717) is 23.2 Å². The Bertz CT molecular complexity index is 825. The molecule has 8 heteroatoms. The molecule has 0 spiro atoms. The lowest BCUT2D eigenvalue weighted by atomic mass is 9.91. The van der Waals surface area contributed by atoms with Gasteiger partial charge in [0, 0.05) is 30.1 Å². The molecule has 28 heavy (non-hydrogen) atoms. The molecule has 2 amide bonds. The summed E-state index contributed by atoms with van der Waals surface area (Å²) in [6.07, 6.45) is 3.62. The van der Waals surface area contributed by atoms with Crippen LogP contribution in [0.2, 0.25) is 0 Å². The molecule has 0 saturated carbocycles. The summed E-state index contributed by atoms with van der Waals surface area (Å²) in [5.74, 6) is 0.362. The largest absolute Gasteiger partial charge is 0.493 e. The highest BCUT2D eigenvalue weighted by Crippen LogP contribution is 2.45. The van der Waals surface area contributed by atoms with E-state index in [2.05, 4.69) is 17.2 Å². The lowest BCUT2D eigenvalue weighted by Crippen LogP contribution is -2.33. The topological polar surface area (TPSA) is 80.8 Å². The Morgan fingerprint density at radius 3 is 2.82 bits per heavy atom. The van der Waals surface area contributed by atoms with Crippen LogP contribution in [-0.4, -0.2) is 42.5 Å². The Balaban J connectivity index is 1.99. The summed E-state index contributed by atoms with van der Waals surface area (Å²) in [7, 11) is 3.14. The SMILES string of the molecule is CCCCN1C(=O)C[C@H](C(=O)Nc2nccs2)[C@@H]1c1cccc(OC)c1OC. The number of amides is 2. The van der Waals surface area contributed by atoms with Gasteiger partial charge in [-0.2, -0.15) is 0 Å². The van der Waals surface area contributed by atoms with E-state index in [1.165, 1.54) is 11.3 Å². The second-order valence-electron chi connectivity index (χ2n) is 6.61. The van der Waals surface area contributed by atoms with Crippen LogP contribution >= 0.6 is 11.3 Å². The number of nitrogens with zero attached hydrogens (tertiary/aromatic N) is 2. The minimum absolute atomic E-state index is 0.0254. The van der Waals surface area contributed by atoms with Crippen LogP contribution in [0, 0.1) is 5.92 Å². The van der Waals surface area contributed by atoms with Gasteiger partial charge >= 0.3 is 0 Å². The van der Waals surface area contributed by atoms with Crippen molar-refractivity contribution in [2.24, 2.45) is 5.92 Å². The normalized spacial score (nSPS) is 19.0. The van der Waals surface area contributed by atoms with E-state index in [1.807, 2.05) is 12.1 Å². The molecule has 1 fully saturated rings. The van der Waals surface area contributed by atoms with Gasteiger partial charge in [0.25, 0.3) is 0 Å². The van der Waals surface area contributed by atoms with Crippen molar-refractivity contribution < 1.29 is 19.1 Å². The molecule has 1 aromatic carbocycles. The van der Waals surface area contributed by atoms with Gasteiger partial charge in [-0.1, -0.05) is 25.5 Å². The van der Waals surface area contributed by atoms with Crippen LogP contribution in [0.5, 0.6) is 11.5 Å². The third-order valence-electron chi connectivity index (χ3n) is 4.94. The summed E-state index contributed by atoms with van der Waals surface area (Å²) < 4.78 is 11.0. The molecule has 1 aliphatic rings. The van der Waals surface area contributed by atoms with E-state index in [0.717, 1.165) is 18.4 Å². The quantitative estimate of drug-likeness (QED) is 0.730. The third kappa shape index (κ3) is 3.96. The van der Waals surface area contributed by atoms with E-state index in [-0.39, 0.29) is 18.2 Å². The van der Waals surface area contributed by atoms with Crippen molar-refractivity contribution in [2.75, 3.05) is 26.1 Å². The van der Waals surface area contributed by atoms with Crippen LogP contribution in [0.4, 0.5) is 5.13 Å². The molecular formula is C20H25N3O4S. The Labute approximate surface area is 168 Å². The Kier molecular flexibility index (Phi) is 6.51. The minimum atomic E-state index is -0.533. The maximum atomic E-state index is 13.0. The van der Waals surface area contributed by atoms with Crippen molar-refractivity contribution in [3.8, 4) is 11.5 Å². The number of thiazole rings is 1. The average Bonchev–Trinajstić information content (AvgIpc) is 3.33. The van der Waals surface area contributed by atoms with Gasteiger partial charge in [-0.05, 0) is 12.5 Å². The van der Waals surface area contributed by atoms with Crippen molar-refractivity contribution in [3.63, 3.8) is 0 Å². The van der Waals surface area contributed by atoms with Gasteiger partial charge in [-0.3, -0.25) is 9.59 Å². The van der Waals surface area contributed by atoms with E-state index >= 15 is 0 Å². The number of aromatic nitrogens is 1. The highest BCUT2D eigenvalue weighted by Gasteiger charge is 2.45. The van der Waals surface area contributed by atoms with Gasteiger partial charge in [-0.25, -0.2) is 4.98 Å². The highest BCUT2D eigenvalue weighted by molar-refractivity contribution is 7.13. The number of methoxy groups -OCH3 is 2. The summed E-state index contributed by atoms with van der Waals surface area (Å²) in [5.41, 5.74) is 0.781. The van der Waals surface area contributed by atoms with Crippen LogP contribution in [0.3, 0.4) is 0 Å². The first-order chi connectivity index (χ1) is 13.6. The summed E-state index contributed by atoms with van der Waals surface area (Å²) in [5, 5.41) is 5.17. The standard InChI is InChI=1S/C20H25N3O4S/c1-4-5-10-23-16(24)12-14(19(25)22-20-21-9-11-28-20)17(23)13-7-6-8-15(26-2)18(13)27-3/h6-9,11,14,17H,4-5,10,12H2,1-3H3,(H,21,22,25)/t14-,17-/m0/s1. The molecule has 2 aromatic rings. The molecular weight excluding hydrogens is 378 g/mol. The van der Waals surface area contributed by atoms with Crippen LogP contribution < -0.4 is 14.8 Å². The number of nitrogens with one attached hydrogen (secondary N) is 1. The maximum Gasteiger partial charge on any atom is 0.232 e. The van der Waals surface area contributed by atoms with Crippen LogP contribution in [0.15, 0.2) is 29.8 Å². The Morgan fingerprint density at radius 1 is 1.36 bits per heavy atom. The van der Waals surface area contributed by atoms with Crippen LogP contribution in [0.1, 0.15) is 37.8 Å². The van der Waals surface area contributed by atoms with Gasteiger partial charge in [0.2, 0.25) is 11.8 Å². The number of likely N-dealkylation sites (tertiary alicyclic amines) is 1. The molecule has 1 aromatic heterocycles. The third-order valence-corrected chi connectivity index (χ3v) is 5.62. The predicted octanol–water partition coefficient (Wildman–Crippen LogP) is 3.49. The first-order valence-electron chi connectivity index (χ1n) is 9.31. The number of para-hydroxylation sites is 1. The molecule has 1 aliphatic heterocycles. The van der Waals surface area contributed by atoms with Gasteiger partial charge in [0.15, 0.2) is 16.6 Å². The minimum Gasteiger partial charge on any atom is -0.493 e. The number of carbonyl (C=O) groups excluding carboxylic acids is 2. The zero-order valence-corrected chi connectivity index (χ0v) is 17.1. The number of carbonyl (C=O) groups is 2. The summed E-state index contributed by atoms with van der Waals surface area (Å²) in [4.78, 5) is 31.7. The number of unbranched alkanes of at least 4 members (excludes halogenated alkanes) is 1. The summed E-state index contributed by atoms with van der Waals surface area (Å²) in [6, 6.07) is 5.14. The Hall–Kier alpha value is -2.61. The number of benzene rings is 1. The van der Waals surface area contributed by atoms with Crippen molar-refractivity contribution >= 4 is 28.3 Å². The fraction of sp³-hybridized carbons (Fsp3) is 0.450. The number of ether oxygens (including phenoxy) is 2. The second-order valence-corrected chi connectivity index (χ2v) is 7.50. The fourth-order valence-electron chi connectivity index (χ4n) is 3.63. The molecule has 2 heterocycles. The average molecular weight is 404 g/mol. The lowest BCUT2D eigenvalue weighted by molar-refractivity contribution is -0.129. The number of anilines is 1. The number of hydrogen-bond donors (Lipinski definition) is 1. The molecule has 0 radical (unpaired) electrons. The molecule has 0 aliphatic carbocycles. The highest BCUT2D eigenvalue weighted by atomic mass is 32.1. The molecule has 0 unspecified atom stereocenters. The maximum absolute atomic E-state index is 13.0. The van der Waals surface area contributed by atoms with Crippen molar-refractivity contribution in [1.82, 2.24) is 9.88 Å². The number of hydrogen-bond acceptors (Lipinski definition) is 6. The van der Waals surface area contributed by atoms with Crippen molar-refractivity contribution in [3.05, 3.63) is 35.3 Å². The van der Waals surface area contributed by atoms with E-state index in [9.17, 15) is 9.59 Å². The second kappa shape index (κ2) is 9.05. The first kappa shape index (κ1) is 20.1. The molecule has 1 saturated heterocycles. The van der Waals surface area contributed by atoms with Crippen LogP contribution in [-0.2, 0) is 9.59 Å². The van der Waals surface area contributed by atoms with Gasteiger partial charge in [0.05, 0.1) is 26.2 Å². The summed E-state index contributed by atoms with van der Waals surface area (Å²) >= 11 is 1.35. The van der Waals surface area contributed by atoms with Gasteiger partial charge < -0.3 is 19.7 Å². The zero-order valence-electron chi connectivity index (χ0n) is 16.3. The van der Waals surface area contributed by atoms with E-state index in [4.69, 9.17) is 9.47 Å². The van der Waals surface area contributed by atoms with Crippen LogP contribution in [0.25, 0.3) is 0 Å². The summed E-state index contributed by atoms with van der Waals surface area (Å²) in [6.45, 7) is 2.68. The zero-order chi connectivity index (χ0) is 20.1.